The molecule has 3 N–H and O–H groups in total. The quantitative estimate of drug-likeness (QED) is 0.531. The van der Waals surface area contributed by atoms with Gasteiger partial charge in [-0.05, 0) is 25.1 Å². The van der Waals surface area contributed by atoms with Gasteiger partial charge in [-0.25, -0.2) is 4.90 Å². The lowest BCUT2D eigenvalue weighted by molar-refractivity contribution is -0.151. The number of methoxy groups -OCH3 is 1. The number of fused-ring (bicyclic) bond motifs is 1. The van der Waals surface area contributed by atoms with Gasteiger partial charge in [0, 0.05) is 17.7 Å². The zero-order valence-corrected chi connectivity index (χ0v) is 15.8. The third-order valence-corrected chi connectivity index (χ3v) is 5.76. The summed E-state index contributed by atoms with van der Waals surface area (Å²) in [5, 5.41) is 23.0. The molecule has 0 aliphatic carbocycles. The summed E-state index contributed by atoms with van der Waals surface area (Å²) >= 11 is 0. The minimum absolute atomic E-state index is 0.142. The molecule has 2 aliphatic rings. The standard InChI is InChI=1S/C21H20N2O6/c1-21(20(28)29-2)16-15(17(22-21)13-9-8-12(24)10-14(13)25)18(26)23(19(16)27)11-6-4-3-5-7-11/h3-10,15-17,22,24-25H,1-2H3/t15?,16?,17-,21+/m0/s1. The number of carbonyl (C=O) groups excluding carboxylic acids is 3. The van der Waals surface area contributed by atoms with E-state index in [4.69, 9.17) is 4.74 Å². The Morgan fingerprint density at radius 1 is 1.10 bits per heavy atom. The molecule has 2 unspecified atom stereocenters. The van der Waals surface area contributed by atoms with Gasteiger partial charge in [-0.3, -0.25) is 19.7 Å². The lowest BCUT2D eigenvalue weighted by Gasteiger charge is -2.28. The molecule has 2 fully saturated rings. The number of hydrogen-bond donors (Lipinski definition) is 3. The van der Waals surface area contributed by atoms with Crippen molar-refractivity contribution >= 4 is 23.5 Å². The third kappa shape index (κ3) is 2.67. The second-order valence-corrected chi connectivity index (χ2v) is 7.41. The molecular weight excluding hydrogens is 376 g/mol. The van der Waals surface area contributed by atoms with Crippen molar-refractivity contribution in [3.8, 4) is 11.5 Å². The second-order valence-electron chi connectivity index (χ2n) is 7.41. The average Bonchev–Trinajstić information content (AvgIpc) is 3.16. The summed E-state index contributed by atoms with van der Waals surface area (Å²) in [6.07, 6.45) is 0. The van der Waals surface area contributed by atoms with E-state index >= 15 is 0 Å². The number of hydrogen-bond acceptors (Lipinski definition) is 7. The highest BCUT2D eigenvalue weighted by atomic mass is 16.5. The van der Waals surface area contributed by atoms with Gasteiger partial charge in [0.1, 0.15) is 17.0 Å². The number of benzene rings is 2. The number of para-hydroxylation sites is 1. The van der Waals surface area contributed by atoms with Crippen LogP contribution >= 0.6 is 0 Å². The summed E-state index contributed by atoms with van der Waals surface area (Å²) in [4.78, 5) is 40.4. The van der Waals surface area contributed by atoms with Gasteiger partial charge in [0.05, 0.1) is 24.6 Å². The summed E-state index contributed by atoms with van der Waals surface area (Å²) in [5.74, 6) is -3.98. The number of nitrogens with one attached hydrogen (secondary N) is 1. The number of phenolic OH excluding ortho intramolecular Hbond substituents is 2. The van der Waals surface area contributed by atoms with E-state index in [0.717, 1.165) is 11.0 Å². The number of esters is 1. The van der Waals surface area contributed by atoms with Crippen LogP contribution in [0, 0.1) is 11.8 Å². The Kier molecular flexibility index (Phi) is 4.31. The smallest absolute Gasteiger partial charge is 0.326 e. The predicted molar refractivity (Wildman–Crippen MR) is 102 cm³/mol. The van der Waals surface area contributed by atoms with Crippen LogP contribution in [0.3, 0.4) is 0 Å². The molecule has 0 saturated carbocycles. The Bertz CT molecular complexity index is 1010. The van der Waals surface area contributed by atoms with Crippen LogP contribution in [0.2, 0.25) is 0 Å². The van der Waals surface area contributed by atoms with Crippen LogP contribution in [0.4, 0.5) is 5.69 Å². The fourth-order valence-electron chi connectivity index (χ4n) is 4.43. The van der Waals surface area contributed by atoms with E-state index in [1.165, 1.54) is 26.2 Å². The van der Waals surface area contributed by atoms with Gasteiger partial charge >= 0.3 is 5.97 Å². The molecule has 0 radical (unpaired) electrons. The fraction of sp³-hybridized carbons (Fsp3) is 0.286. The van der Waals surface area contributed by atoms with Gasteiger partial charge in [-0.2, -0.15) is 0 Å². The van der Waals surface area contributed by atoms with E-state index in [9.17, 15) is 24.6 Å². The first-order valence-corrected chi connectivity index (χ1v) is 9.10. The predicted octanol–water partition coefficient (Wildman–Crippen LogP) is 1.48. The largest absolute Gasteiger partial charge is 0.508 e. The Balaban J connectivity index is 1.85. The summed E-state index contributed by atoms with van der Waals surface area (Å²) in [6.45, 7) is 1.52. The number of ether oxygens (including phenoxy) is 1. The first kappa shape index (κ1) is 18.9. The molecule has 2 aromatic carbocycles. The Morgan fingerprint density at radius 3 is 2.41 bits per heavy atom. The van der Waals surface area contributed by atoms with Crippen LogP contribution in [0.1, 0.15) is 18.5 Å². The third-order valence-electron chi connectivity index (χ3n) is 5.76. The van der Waals surface area contributed by atoms with E-state index in [0.29, 0.717) is 11.3 Å². The molecule has 0 aromatic heterocycles. The molecule has 4 atom stereocenters. The topological polar surface area (TPSA) is 116 Å². The first-order valence-electron chi connectivity index (χ1n) is 9.10. The molecule has 2 saturated heterocycles. The molecule has 0 bridgehead atoms. The van der Waals surface area contributed by atoms with Crippen LogP contribution in [-0.4, -0.2) is 40.6 Å². The molecule has 29 heavy (non-hydrogen) atoms. The van der Waals surface area contributed by atoms with E-state index in [1.807, 2.05) is 0 Å². The molecule has 8 heteroatoms. The number of imide groups is 1. The van der Waals surface area contributed by atoms with E-state index in [2.05, 4.69) is 5.32 Å². The number of rotatable bonds is 3. The number of phenols is 2. The summed E-state index contributed by atoms with van der Waals surface area (Å²) in [5.41, 5.74) is -0.746. The van der Waals surface area contributed by atoms with Gasteiger partial charge < -0.3 is 14.9 Å². The maximum absolute atomic E-state index is 13.3. The highest BCUT2D eigenvalue weighted by molar-refractivity contribution is 6.24. The second kappa shape index (κ2) is 6.59. The van der Waals surface area contributed by atoms with Gasteiger partial charge in [0.2, 0.25) is 11.8 Å². The van der Waals surface area contributed by atoms with Crippen molar-refractivity contribution < 1.29 is 29.3 Å². The molecule has 8 nitrogen and oxygen atoms in total. The van der Waals surface area contributed by atoms with Gasteiger partial charge in [-0.15, -0.1) is 0 Å². The molecule has 2 aromatic rings. The first-order chi connectivity index (χ1) is 13.8. The Morgan fingerprint density at radius 2 is 1.79 bits per heavy atom. The SMILES string of the molecule is COC(=O)[C@]1(C)N[C@@H](c2ccc(O)cc2O)C2C(=O)N(c3ccccc3)C(=O)C21. The molecule has 0 spiro atoms. The molecule has 2 heterocycles. The minimum Gasteiger partial charge on any atom is -0.508 e. The average molecular weight is 396 g/mol. The lowest BCUT2D eigenvalue weighted by atomic mass is 9.80. The van der Waals surface area contributed by atoms with Gasteiger partial charge in [0.25, 0.3) is 0 Å². The number of amides is 2. The van der Waals surface area contributed by atoms with Crippen LogP contribution in [0.5, 0.6) is 11.5 Å². The zero-order valence-electron chi connectivity index (χ0n) is 15.8. The maximum Gasteiger partial charge on any atom is 0.326 e. The number of aromatic hydroxyl groups is 2. The Hall–Kier alpha value is -3.39. The minimum atomic E-state index is -1.47. The van der Waals surface area contributed by atoms with E-state index < -0.39 is 41.2 Å². The van der Waals surface area contributed by atoms with Crippen molar-refractivity contribution in [3.05, 3.63) is 54.1 Å². The van der Waals surface area contributed by atoms with Crippen molar-refractivity contribution in [2.24, 2.45) is 11.8 Å². The van der Waals surface area contributed by atoms with Crippen molar-refractivity contribution in [1.82, 2.24) is 5.32 Å². The molecule has 150 valence electrons. The highest BCUT2D eigenvalue weighted by Crippen LogP contribution is 2.51. The molecule has 2 amide bonds. The van der Waals surface area contributed by atoms with Gasteiger partial charge in [0.15, 0.2) is 0 Å². The Labute approximate surface area is 166 Å². The van der Waals surface area contributed by atoms with Crippen molar-refractivity contribution in [2.45, 2.75) is 18.5 Å². The normalized spacial score (nSPS) is 28.5. The maximum atomic E-state index is 13.3. The van der Waals surface area contributed by atoms with E-state index in [1.54, 1.807) is 30.3 Å². The van der Waals surface area contributed by atoms with Crippen LogP contribution in [0.15, 0.2) is 48.5 Å². The molecular formula is C21H20N2O6. The summed E-state index contributed by atoms with van der Waals surface area (Å²) in [7, 11) is 1.21. The van der Waals surface area contributed by atoms with Gasteiger partial charge in [-0.1, -0.05) is 24.3 Å². The van der Waals surface area contributed by atoms with E-state index in [-0.39, 0.29) is 11.5 Å². The summed E-state index contributed by atoms with van der Waals surface area (Å²) < 4.78 is 4.92. The van der Waals surface area contributed by atoms with Crippen molar-refractivity contribution in [3.63, 3.8) is 0 Å². The molecule has 4 rings (SSSR count). The van der Waals surface area contributed by atoms with Crippen LogP contribution < -0.4 is 10.2 Å². The molecule has 2 aliphatic heterocycles. The van der Waals surface area contributed by atoms with Crippen LogP contribution in [0.25, 0.3) is 0 Å². The highest BCUT2D eigenvalue weighted by Gasteiger charge is 2.67. The number of anilines is 1. The zero-order chi connectivity index (χ0) is 20.9. The number of carbonyl (C=O) groups is 3. The van der Waals surface area contributed by atoms with Crippen molar-refractivity contribution in [2.75, 3.05) is 12.0 Å². The van der Waals surface area contributed by atoms with Crippen LogP contribution in [-0.2, 0) is 19.1 Å². The summed E-state index contributed by atoms with van der Waals surface area (Å²) in [6, 6.07) is 11.6. The van der Waals surface area contributed by atoms with Crippen molar-refractivity contribution in [1.29, 1.82) is 0 Å². The fourth-order valence-corrected chi connectivity index (χ4v) is 4.43. The lowest BCUT2D eigenvalue weighted by Crippen LogP contribution is -2.54. The monoisotopic (exact) mass is 396 g/mol. The number of nitrogens with zero attached hydrogens (tertiary/aromatic N) is 1.